The number of hydrogen-bond acceptors (Lipinski definition) is 3. The van der Waals surface area contributed by atoms with Gasteiger partial charge in [-0.2, -0.15) is 0 Å². The molecule has 0 aliphatic heterocycles. The van der Waals surface area contributed by atoms with Gasteiger partial charge in [0, 0.05) is 28.2 Å². The number of benzene rings is 2. The molecule has 29 heavy (non-hydrogen) atoms. The van der Waals surface area contributed by atoms with Gasteiger partial charge in [0.05, 0.1) is 5.69 Å². The first kappa shape index (κ1) is 17.6. The Balaban J connectivity index is 1.74. The molecule has 0 aliphatic carbocycles. The maximum absolute atomic E-state index is 6.30. The molecule has 142 valence electrons. The van der Waals surface area contributed by atoms with Crippen molar-refractivity contribution in [2.45, 2.75) is 26.7 Å². The highest BCUT2D eigenvalue weighted by molar-refractivity contribution is 6.09. The van der Waals surface area contributed by atoms with Gasteiger partial charge in [0.25, 0.3) is 0 Å². The van der Waals surface area contributed by atoms with Crippen molar-refractivity contribution in [2.75, 3.05) is 0 Å². The number of aryl methyl sites for hydroxylation is 1. The van der Waals surface area contributed by atoms with Gasteiger partial charge < -0.3 is 4.42 Å². The first-order chi connectivity index (χ1) is 14.1. The fourth-order valence-corrected chi connectivity index (χ4v) is 3.85. The lowest BCUT2D eigenvalue weighted by Crippen LogP contribution is -1.90. The monoisotopic (exact) mass is 378 g/mol. The van der Waals surface area contributed by atoms with Gasteiger partial charge >= 0.3 is 0 Å². The molecule has 0 amide bonds. The van der Waals surface area contributed by atoms with Crippen LogP contribution in [0.1, 0.15) is 31.0 Å². The Morgan fingerprint density at radius 3 is 2.41 bits per heavy atom. The third-order valence-electron chi connectivity index (χ3n) is 5.45. The van der Waals surface area contributed by atoms with Crippen LogP contribution in [0.4, 0.5) is 0 Å². The highest BCUT2D eigenvalue weighted by Gasteiger charge is 2.17. The molecule has 5 aromatic rings. The lowest BCUT2D eigenvalue weighted by Gasteiger charge is -2.08. The topological polar surface area (TPSA) is 38.9 Å². The summed E-state index contributed by atoms with van der Waals surface area (Å²) in [6, 6.07) is 23.0. The number of hydrogen-bond donors (Lipinski definition) is 0. The number of pyridine rings is 2. The molecule has 0 saturated carbocycles. The van der Waals surface area contributed by atoms with Crippen molar-refractivity contribution in [1.29, 1.82) is 0 Å². The molecule has 3 heterocycles. The average molecular weight is 378 g/mol. The minimum absolute atomic E-state index is 0.359. The fraction of sp³-hybridized carbons (Fsp3) is 0.154. The Morgan fingerprint density at radius 1 is 0.828 bits per heavy atom. The molecule has 3 nitrogen and oxygen atoms in total. The van der Waals surface area contributed by atoms with Crippen LogP contribution in [-0.2, 0) is 0 Å². The molecule has 0 fully saturated rings. The van der Waals surface area contributed by atoms with Gasteiger partial charge in [0.15, 0.2) is 0 Å². The molecule has 0 radical (unpaired) electrons. The second-order valence-electron chi connectivity index (χ2n) is 7.78. The summed E-state index contributed by atoms with van der Waals surface area (Å²) in [6.07, 6.45) is 1.87. The summed E-state index contributed by atoms with van der Waals surface area (Å²) in [4.78, 5) is 9.44. The first-order valence-electron chi connectivity index (χ1n) is 9.96. The van der Waals surface area contributed by atoms with Crippen molar-refractivity contribution in [3.8, 4) is 22.4 Å². The predicted molar refractivity (Wildman–Crippen MR) is 119 cm³/mol. The number of rotatable bonds is 3. The highest BCUT2D eigenvalue weighted by atomic mass is 16.3. The Labute approximate surface area is 170 Å². The summed E-state index contributed by atoms with van der Waals surface area (Å²) >= 11 is 0. The molecular weight excluding hydrogens is 356 g/mol. The summed E-state index contributed by atoms with van der Waals surface area (Å²) in [6.45, 7) is 6.39. The summed E-state index contributed by atoms with van der Waals surface area (Å²) in [5.41, 5.74) is 7.99. The maximum atomic E-state index is 6.30. The lowest BCUT2D eigenvalue weighted by molar-refractivity contribution is 0.648. The zero-order valence-corrected chi connectivity index (χ0v) is 16.8. The molecule has 0 saturated heterocycles. The summed E-state index contributed by atoms with van der Waals surface area (Å²) in [7, 11) is 0. The Morgan fingerprint density at radius 2 is 1.62 bits per heavy atom. The van der Waals surface area contributed by atoms with Gasteiger partial charge in [0.2, 0.25) is 5.71 Å². The number of nitrogens with zero attached hydrogens (tertiary/aromatic N) is 2. The normalized spacial score (nSPS) is 11.6. The second kappa shape index (κ2) is 6.85. The van der Waals surface area contributed by atoms with E-state index in [9.17, 15) is 0 Å². The lowest BCUT2D eigenvalue weighted by atomic mass is 9.98. The van der Waals surface area contributed by atoms with Crippen molar-refractivity contribution in [3.63, 3.8) is 0 Å². The average Bonchev–Trinajstić information content (AvgIpc) is 3.12. The Kier molecular flexibility index (Phi) is 4.17. The standard InChI is InChI=1S/C26H22N2O/c1-16(2)22-12-11-21-20-10-9-17(3)24(25(20)29-26(21)28-22)23-15-19(13-14-27-23)18-7-5-4-6-8-18/h4-16H,1-3H3. The van der Waals surface area contributed by atoms with E-state index in [1.807, 2.05) is 18.3 Å². The van der Waals surface area contributed by atoms with E-state index in [0.29, 0.717) is 11.6 Å². The van der Waals surface area contributed by atoms with Crippen LogP contribution in [0.2, 0.25) is 0 Å². The molecular formula is C26H22N2O. The quantitative estimate of drug-likeness (QED) is 0.335. The minimum atomic E-state index is 0.359. The molecule has 5 rings (SSSR count). The van der Waals surface area contributed by atoms with E-state index >= 15 is 0 Å². The van der Waals surface area contributed by atoms with Crippen LogP contribution >= 0.6 is 0 Å². The van der Waals surface area contributed by atoms with E-state index in [4.69, 9.17) is 9.40 Å². The molecule has 2 aromatic carbocycles. The van der Waals surface area contributed by atoms with E-state index in [1.165, 1.54) is 5.56 Å². The van der Waals surface area contributed by atoms with Crippen LogP contribution in [0.15, 0.2) is 77.3 Å². The first-order valence-corrected chi connectivity index (χ1v) is 9.96. The van der Waals surface area contributed by atoms with Crippen molar-refractivity contribution in [1.82, 2.24) is 9.97 Å². The van der Waals surface area contributed by atoms with Crippen molar-refractivity contribution >= 4 is 22.1 Å². The van der Waals surface area contributed by atoms with Gasteiger partial charge in [0.1, 0.15) is 5.58 Å². The van der Waals surface area contributed by atoms with Crippen LogP contribution in [-0.4, -0.2) is 9.97 Å². The minimum Gasteiger partial charge on any atom is -0.437 e. The largest absolute Gasteiger partial charge is 0.437 e. The molecule has 0 N–H and O–H groups in total. The molecule has 0 unspecified atom stereocenters. The Hall–Kier alpha value is -3.46. The maximum Gasteiger partial charge on any atom is 0.227 e. The number of fused-ring (bicyclic) bond motifs is 3. The highest BCUT2D eigenvalue weighted by Crippen LogP contribution is 2.38. The third kappa shape index (κ3) is 2.99. The summed E-state index contributed by atoms with van der Waals surface area (Å²) in [5, 5.41) is 2.13. The molecule has 0 bridgehead atoms. The molecule has 0 atom stereocenters. The molecule has 3 aromatic heterocycles. The van der Waals surface area contributed by atoms with E-state index in [1.54, 1.807) is 0 Å². The smallest absolute Gasteiger partial charge is 0.227 e. The molecule has 3 heteroatoms. The van der Waals surface area contributed by atoms with Gasteiger partial charge in [-0.25, -0.2) is 4.98 Å². The number of aromatic nitrogens is 2. The van der Waals surface area contributed by atoms with Gasteiger partial charge in [-0.1, -0.05) is 56.3 Å². The second-order valence-corrected chi connectivity index (χ2v) is 7.78. The summed E-state index contributed by atoms with van der Waals surface area (Å²) < 4.78 is 6.30. The van der Waals surface area contributed by atoms with Crippen LogP contribution < -0.4 is 0 Å². The Bertz CT molecular complexity index is 1330. The van der Waals surface area contributed by atoms with E-state index < -0.39 is 0 Å². The van der Waals surface area contributed by atoms with Gasteiger partial charge in [-0.05, 0) is 53.8 Å². The van der Waals surface area contributed by atoms with Crippen molar-refractivity contribution < 1.29 is 4.42 Å². The van der Waals surface area contributed by atoms with E-state index in [0.717, 1.165) is 44.4 Å². The van der Waals surface area contributed by atoms with Gasteiger partial charge in [-0.3, -0.25) is 4.98 Å². The zero-order chi connectivity index (χ0) is 20.0. The van der Waals surface area contributed by atoms with Crippen molar-refractivity contribution in [2.24, 2.45) is 0 Å². The zero-order valence-electron chi connectivity index (χ0n) is 16.8. The molecule has 0 spiro atoms. The van der Waals surface area contributed by atoms with Crippen LogP contribution in [0.3, 0.4) is 0 Å². The fourth-order valence-electron chi connectivity index (χ4n) is 3.85. The van der Waals surface area contributed by atoms with E-state index in [-0.39, 0.29) is 0 Å². The van der Waals surface area contributed by atoms with E-state index in [2.05, 4.69) is 80.4 Å². The van der Waals surface area contributed by atoms with Crippen LogP contribution in [0.5, 0.6) is 0 Å². The third-order valence-corrected chi connectivity index (χ3v) is 5.45. The van der Waals surface area contributed by atoms with Crippen LogP contribution in [0.25, 0.3) is 44.5 Å². The molecule has 0 aliphatic rings. The SMILES string of the molecule is Cc1ccc2c(oc3nc(C(C)C)ccc32)c1-c1cc(-c2ccccc2)ccn1. The summed E-state index contributed by atoms with van der Waals surface area (Å²) in [5.74, 6) is 0.359. The predicted octanol–water partition coefficient (Wildman–Crippen LogP) is 7.14. The van der Waals surface area contributed by atoms with Gasteiger partial charge in [-0.15, -0.1) is 0 Å². The van der Waals surface area contributed by atoms with Crippen molar-refractivity contribution in [3.05, 3.63) is 84.2 Å². The van der Waals surface area contributed by atoms with Crippen LogP contribution in [0, 0.1) is 6.92 Å². The number of furan rings is 1.